The van der Waals surface area contributed by atoms with Crippen LogP contribution >= 0.6 is 0 Å². The van der Waals surface area contributed by atoms with Crippen LogP contribution in [0.4, 0.5) is 5.69 Å². The van der Waals surface area contributed by atoms with E-state index in [4.69, 9.17) is 9.47 Å². The van der Waals surface area contributed by atoms with Crippen molar-refractivity contribution < 1.29 is 23.9 Å². The first-order valence-corrected chi connectivity index (χ1v) is 11.2. The Morgan fingerprint density at radius 2 is 1.85 bits per heavy atom. The molecule has 1 aliphatic rings. The van der Waals surface area contributed by atoms with E-state index in [9.17, 15) is 14.4 Å². The Morgan fingerprint density at radius 1 is 1.12 bits per heavy atom. The molecule has 33 heavy (non-hydrogen) atoms. The van der Waals surface area contributed by atoms with Crippen LogP contribution in [-0.4, -0.2) is 55.0 Å². The second kappa shape index (κ2) is 12.0. The van der Waals surface area contributed by atoms with Crippen LogP contribution in [0.2, 0.25) is 0 Å². The number of para-hydroxylation sites is 2. The first-order valence-electron chi connectivity index (χ1n) is 11.2. The van der Waals surface area contributed by atoms with Crippen molar-refractivity contribution in [2.24, 2.45) is 5.92 Å². The molecule has 1 fully saturated rings. The van der Waals surface area contributed by atoms with Gasteiger partial charge in [0.25, 0.3) is 0 Å². The highest BCUT2D eigenvalue weighted by Crippen LogP contribution is 2.25. The van der Waals surface area contributed by atoms with Crippen LogP contribution in [0.3, 0.4) is 0 Å². The smallest absolute Gasteiger partial charge is 0.307 e. The lowest BCUT2D eigenvalue weighted by Gasteiger charge is -2.34. The number of anilines is 1. The van der Waals surface area contributed by atoms with E-state index < -0.39 is 12.0 Å². The van der Waals surface area contributed by atoms with Crippen molar-refractivity contribution in [2.45, 2.75) is 32.9 Å². The maximum absolute atomic E-state index is 12.8. The number of hydrogen-bond acceptors (Lipinski definition) is 6. The predicted molar refractivity (Wildman–Crippen MR) is 125 cm³/mol. The van der Waals surface area contributed by atoms with Crippen LogP contribution in [0, 0.1) is 5.92 Å². The zero-order valence-corrected chi connectivity index (χ0v) is 19.1. The van der Waals surface area contributed by atoms with E-state index in [0.29, 0.717) is 37.7 Å². The highest BCUT2D eigenvalue weighted by molar-refractivity contribution is 5.94. The lowest BCUT2D eigenvalue weighted by molar-refractivity contribution is -0.149. The Labute approximate surface area is 194 Å². The SMILES string of the molecule is CC(C)COC(=O)CC1C(=O)NCCN1CC(=O)Nc1ccccc1OCc1ccccc1. The summed E-state index contributed by atoms with van der Waals surface area (Å²) in [6, 6.07) is 16.2. The molecular weight excluding hydrogens is 422 g/mol. The molecule has 176 valence electrons. The Hall–Kier alpha value is -3.39. The molecule has 0 spiro atoms. The molecule has 2 aromatic rings. The van der Waals surface area contributed by atoms with E-state index in [1.165, 1.54) is 0 Å². The molecule has 0 aliphatic carbocycles. The van der Waals surface area contributed by atoms with Gasteiger partial charge in [-0.15, -0.1) is 0 Å². The van der Waals surface area contributed by atoms with Crippen LogP contribution < -0.4 is 15.4 Å². The second-order valence-electron chi connectivity index (χ2n) is 8.38. The first-order chi connectivity index (χ1) is 15.9. The molecule has 1 saturated heterocycles. The van der Waals surface area contributed by atoms with E-state index in [2.05, 4.69) is 10.6 Å². The number of piperazine rings is 1. The molecule has 0 aromatic heterocycles. The molecule has 2 aromatic carbocycles. The van der Waals surface area contributed by atoms with Crippen LogP contribution in [0.5, 0.6) is 5.75 Å². The van der Waals surface area contributed by atoms with Gasteiger partial charge in [0, 0.05) is 13.1 Å². The number of amides is 2. The minimum absolute atomic E-state index is 0.0252. The molecule has 3 rings (SSSR count). The fourth-order valence-electron chi connectivity index (χ4n) is 3.45. The highest BCUT2D eigenvalue weighted by atomic mass is 16.5. The summed E-state index contributed by atoms with van der Waals surface area (Å²) in [6.07, 6.45) is -0.0946. The average Bonchev–Trinajstić information content (AvgIpc) is 2.80. The lowest BCUT2D eigenvalue weighted by Crippen LogP contribution is -2.57. The van der Waals surface area contributed by atoms with Gasteiger partial charge in [0.15, 0.2) is 0 Å². The van der Waals surface area contributed by atoms with Crippen molar-refractivity contribution in [1.82, 2.24) is 10.2 Å². The molecule has 8 nitrogen and oxygen atoms in total. The van der Waals surface area contributed by atoms with E-state index in [1.807, 2.05) is 56.3 Å². The topological polar surface area (TPSA) is 97.0 Å². The standard InChI is InChI=1S/C25H31N3O5/c1-18(2)16-33-24(30)14-21-25(31)26-12-13-28(21)15-23(29)27-20-10-6-7-11-22(20)32-17-19-8-4-3-5-9-19/h3-11,18,21H,12-17H2,1-2H3,(H,26,31)(H,27,29). The number of nitrogens with zero attached hydrogens (tertiary/aromatic N) is 1. The fourth-order valence-corrected chi connectivity index (χ4v) is 3.45. The lowest BCUT2D eigenvalue weighted by atomic mass is 10.1. The summed E-state index contributed by atoms with van der Waals surface area (Å²) in [6.45, 7) is 5.42. The third-order valence-electron chi connectivity index (χ3n) is 5.12. The Kier molecular flexibility index (Phi) is 8.83. The van der Waals surface area contributed by atoms with Gasteiger partial charge >= 0.3 is 5.97 Å². The van der Waals surface area contributed by atoms with Gasteiger partial charge in [-0.25, -0.2) is 0 Å². The average molecular weight is 454 g/mol. The number of esters is 1. The van der Waals surface area contributed by atoms with Crippen molar-refractivity contribution in [3.05, 3.63) is 60.2 Å². The minimum atomic E-state index is -0.742. The first kappa shape index (κ1) is 24.3. The molecular formula is C25H31N3O5. The summed E-state index contributed by atoms with van der Waals surface area (Å²) in [5.74, 6) is -0.251. The number of nitrogens with one attached hydrogen (secondary N) is 2. The zero-order valence-electron chi connectivity index (χ0n) is 19.1. The molecule has 0 saturated carbocycles. The number of hydrogen-bond donors (Lipinski definition) is 2. The number of benzene rings is 2. The number of carbonyl (C=O) groups excluding carboxylic acids is 3. The van der Waals surface area contributed by atoms with E-state index in [-0.39, 0.29) is 30.7 Å². The second-order valence-corrected chi connectivity index (χ2v) is 8.38. The molecule has 2 amide bonds. The Morgan fingerprint density at radius 3 is 2.61 bits per heavy atom. The summed E-state index contributed by atoms with van der Waals surface area (Å²) in [4.78, 5) is 39.1. The highest BCUT2D eigenvalue weighted by Gasteiger charge is 2.33. The summed E-state index contributed by atoms with van der Waals surface area (Å²) >= 11 is 0. The maximum Gasteiger partial charge on any atom is 0.307 e. The summed E-state index contributed by atoms with van der Waals surface area (Å²) in [5, 5.41) is 5.63. The number of carbonyl (C=O) groups is 3. The van der Waals surface area contributed by atoms with Crippen LogP contribution in [0.1, 0.15) is 25.8 Å². The van der Waals surface area contributed by atoms with Crippen molar-refractivity contribution in [2.75, 3.05) is 31.6 Å². The summed E-state index contributed by atoms with van der Waals surface area (Å²) < 4.78 is 11.1. The minimum Gasteiger partial charge on any atom is -0.487 e. The van der Waals surface area contributed by atoms with Gasteiger partial charge in [-0.05, 0) is 23.6 Å². The third-order valence-corrected chi connectivity index (χ3v) is 5.12. The maximum atomic E-state index is 12.8. The number of rotatable bonds is 10. The molecule has 1 unspecified atom stereocenters. The van der Waals surface area contributed by atoms with E-state index in [0.717, 1.165) is 5.56 Å². The molecule has 1 aliphatic heterocycles. The molecule has 0 radical (unpaired) electrons. The van der Waals surface area contributed by atoms with E-state index in [1.54, 1.807) is 17.0 Å². The van der Waals surface area contributed by atoms with Crippen LogP contribution in [0.25, 0.3) is 0 Å². The van der Waals surface area contributed by atoms with Gasteiger partial charge in [0.05, 0.1) is 25.3 Å². The van der Waals surface area contributed by atoms with Gasteiger partial charge in [-0.1, -0.05) is 56.3 Å². The van der Waals surface area contributed by atoms with Gasteiger partial charge in [-0.3, -0.25) is 19.3 Å². The Bertz CT molecular complexity index is 948. The largest absolute Gasteiger partial charge is 0.487 e. The van der Waals surface area contributed by atoms with Crippen molar-refractivity contribution in [3.8, 4) is 5.75 Å². The molecule has 1 atom stereocenters. The quantitative estimate of drug-likeness (QED) is 0.537. The predicted octanol–water partition coefficient (Wildman–Crippen LogP) is 2.59. The van der Waals surface area contributed by atoms with Gasteiger partial charge in [0.2, 0.25) is 11.8 Å². The van der Waals surface area contributed by atoms with Crippen molar-refractivity contribution in [3.63, 3.8) is 0 Å². The van der Waals surface area contributed by atoms with Gasteiger partial charge < -0.3 is 20.1 Å². The third kappa shape index (κ3) is 7.61. The van der Waals surface area contributed by atoms with Crippen LogP contribution in [-0.2, 0) is 25.7 Å². The summed E-state index contributed by atoms with van der Waals surface area (Å²) in [7, 11) is 0. The summed E-state index contributed by atoms with van der Waals surface area (Å²) in [5.41, 5.74) is 1.57. The van der Waals surface area contributed by atoms with Crippen molar-refractivity contribution >= 4 is 23.5 Å². The normalized spacial score (nSPS) is 16.2. The van der Waals surface area contributed by atoms with Gasteiger partial charge in [-0.2, -0.15) is 0 Å². The molecule has 1 heterocycles. The van der Waals surface area contributed by atoms with Crippen molar-refractivity contribution in [1.29, 1.82) is 0 Å². The molecule has 0 bridgehead atoms. The van der Waals surface area contributed by atoms with Crippen LogP contribution in [0.15, 0.2) is 54.6 Å². The fraction of sp³-hybridized carbons (Fsp3) is 0.400. The molecule has 2 N–H and O–H groups in total. The number of ether oxygens (including phenoxy) is 2. The van der Waals surface area contributed by atoms with E-state index >= 15 is 0 Å². The monoisotopic (exact) mass is 453 g/mol. The zero-order chi connectivity index (χ0) is 23.6. The van der Waals surface area contributed by atoms with Gasteiger partial charge in [0.1, 0.15) is 18.4 Å². The Balaban J connectivity index is 1.59. The molecule has 8 heteroatoms.